The molecule has 0 bridgehead atoms. The van der Waals surface area contributed by atoms with Crippen molar-refractivity contribution in [2.45, 2.75) is 114 Å². The third kappa shape index (κ3) is 3.72. The van der Waals surface area contributed by atoms with E-state index in [4.69, 9.17) is 14.2 Å². The zero-order valence-corrected chi connectivity index (χ0v) is 22.3. The maximum absolute atomic E-state index is 12.9. The number of rotatable bonds is 4. The van der Waals surface area contributed by atoms with Crippen molar-refractivity contribution in [1.82, 2.24) is 0 Å². The van der Waals surface area contributed by atoms with Crippen molar-refractivity contribution >= 4 is 12.3 Å². The van der Waals surface area contributed by atoms with Gasteiger partial charge in [0.2, 0.25) is 0 Å². The Morgan fingerprint density at radius 3 is 2.50 bits per heavy atom. The first-order chi connectivity index (χ1) is 18.0. The van der Waals surface area contributed by atoms with Gasteiger partial charge in [-0.3, -0.25) is 0 Å². The Hall–Kier alpha value is -1.36. The molecule has 6 rings (SSSR count). The van der Waals surface area contributed by atoms with E-state index in [1.54, 1.807) is 13.0 Å². The minimum Gasteiger partial charge on any atom is -0.458 e. The number of carbonyl (C=O) groups is 2. The van der Waals surface area contributed by atoms with Crippen LogP contribution in [-0.2, 0) is 23.8 Å². The number of aliphatic hydroxyl groups excluding tert-OH is 3. The van der Waals surface area contributed by atoms with E-state index in [0.29, 0.717) is 32.3 Å². The lowest BCUT2D eigenvalue weighted by Crippen LogP contribution is -2.63. The molecule has 0 spiro atoms. The molecule has 4 aliphatic carbocycles. The predicted molar refractivity (Wildman–Crippen MR) is 133 cm³/mol. The quantitative estimate of drug-likeness (QED) is 0.240. The van der Waals surface area contributed by atoms with Gasteiger partial charge in [-0.25, -0.2) is 4.79 Å². The van der Waals surface area contributed by atoms with Gasteiger partial charge in [0.25, 0.3) is 0 Å². The van der Waals surface area contributed by atoms with Crippen LogP contribution >= 0.6 is 0 Å². The Labute approximate surface area is 223 Å². The summed E-state index contributed by atoms with van der Waals surface area (Å²) in [4.78, 5) is 24.7. The largest absolute Gasteiger partial charge is 0.458 e. The maximum Gasteiger partial charge on any atom is 0.331 e. The molecule has 13 atom stereocenters. The minimum absolute atomic E-state index is 0.0322. The van der Waals surface area contributed by atoms with Gasteiger partial charge in [-0.05, 0) is 94.0 Å². The topological polar surface area (TPSA) is 143 Å². The first kappa shape index (κ1) is 26.8. The van der Waals surface area contributed by atoms with Crippen molar-refractivity contribution in [2.75, 3.05) is 6.61 Å². The average Bonchev–Trinajstić information content (AvgIpc) is 3.45. The van der Waals surface area contributed by atoms with Crippen LogP contribution in [0.1, 0.15) is 71.6 Å². The Morgan fingerprint density at radius 1 is 1.00 bits per heavy atom. The zero-order chi connectivity index (χ0) is 27.0. The van der Waals surface area contributed by atoms with Crippen LogP contribution in [0.2, 0.25) is 0 Å². The first-order valence-corrected chi connectivity index (χ1v) is 14.4. The molecule has 4 N–H and O–H groups in total. The van der Waals surface area contributed by atoms with Crippen LogP contribution in [0.5, 0.6) is 0 Å². The van der Waals surface area contributed by atoms with Crippen LogP contribution in [-0.4, -0.2) is 81.7 Å². The molecule has 0 aromatic rings. The fourth-order valence-electron chi connectivity index (χ4n) is 9.73. The third-order valence-corrected chi connectivity index (χ3v) is 11.9. The van der Waals surface area contributed by atoms with E-state index >= 15 is 0 Å². The van der Waals surface area contributed by atoms with Gasteiger partial charge in [0.05, 0.1) is 17.8 Å². The minimum atomic E-state index is -1.34. The molecule has 38 heavy (non-hydrogen) atoms. The standard InChI is InChI=1S/C29H42O9/c1-15-23(32)24(33)25(34)26(37-15)38-18-5-9-28(14-30)17(12-18)3-4-21-20(28)6-8-27(2)19(7-10-29(21,27)35)16-11-22(31)36-13-16/h11,14-15,17-21,23-26,32-35H,3-10,12-13H2,1-2H3/t15?,17-,18-,19+,20?,21?,23+,24?,25?,26-,27+,28+,29-/m0/s1. The van der Waals surface area contributed by atoms with Gasteiger partial charge in [0.15, 0.2) is 6.29 Å². The summed E-state index contributed by atoms with van der Waals surface area (Å²) in [6.45, 7) is 4.13. The normalized spacial score (nSPS) is 54.4. The molecule has 0 aromatic heterocycles. The Bertz CT molecular complexity index is 999. The lowest BCUT2D eigenvalue weighted by atomic mass is 9.43. The Balaban J connectivity index is 1.19. The molecule has 4 saturated carbocycles. The van der Waals surface area contributed by atoms with Crippen LogP contribution in [0, 0.1) is 34.5 Å². The zero-order valence-electron chi connectivity index (χ0n) is 22.3. The second-order valence-electron chi connectivity index (χ2n) is 13.2. The maximum atomic E-state index is 12.9. The number of ether oxygens (including phenoxy) is 3. The molecule has 1 saturated heterocycles. The van der Waals surface area contributed by atoms with E-state index in [0.717, 1.165) is 37.7 Å². The molecule has 0 aromatic carbocycles. The molecule has 0 amide bonds. The monoisotopic (exact) mass is 534 g/mol. The summed E-state index contributed by atoms with van der Waals surface area (Å²) in [6, 6.07) is 0. The Morgan fingerprint density at radius 2 is 1.79 bits per heavy atom. The second-order valence-corrected chi connectivity index (χ2v) is 13.2. The van der Waals surface area contributed by atoms with E-state index in [9.17, 15) is 30.0 Å². The van der Waals surface area contributed by atoms with Gasteiger partial charge in [-0.2, -0.15) is 0 Å². The van der Waals surface area contributed by atoms with Gasteiger partial charge in [0.1, 0.15) is 31.2 Å². The number of cyclic esters (lactones) is 1. The van der Waals surface area contributed by atoms with E-state index < -0.39 is 41.7 Å². The fourth-order valence-corrected chi connectivity index (χ4v) is 9.73. The van der Waals surface area contributed by atoms with E-state index in [1.165, 1.54) is 6.29 Å². The fraction of sp³-hybridized carbons (Fsp3) is 0.862. The van der Waals surface area contributed by atoms with Crippen LogP contribution < -0.4 is 0 Å². The molecule has 5 fully saturated rings. The molecule has 6 aliphatic rings. The third-order valence-electron chi connectivity index (χ3n) is 11.9. The lowest BCUT2D eigenvalue weighted by molar-refractivity contribution is -0.309. The number of fused-ring (bicyclic) bond motifs is 5. The lowest BCUT2D eigenvalue weighted by Gasteiger charge is -2.63. The summed E-state index contributed by atoms with van der Waals surface area (Å²) in [7, 11) is 0. The van der Waals surface area contributed by atoms with Gasteiger partial charge in [-0.1, -0.05) is 6.92 Å². The van der Waals surface area contributed by atoms with E-state index in [-0.39, 0.29) is 41.2 Å². The Kier molecular flexibility index (Phi) is 6.60. The highest BCUT2D eigenvalue weighted by Gasteiger charge is 2.68. The van der Waals surface area contributed by atoms with Crippen molar-refractivity contribution in [3.63, 3.8) is 0 Å². The molecular formula is C29H42O9. The highest BCUT2D eigenvalue weighted by atomic mass is 16.7. The van der Waals surface area contributed by atoms with E-state index in [1.807, 2.05) is 0 Å². The first-order valence-electron chi connectivity index (χ1n) is 14.4. The molecule has 2 heterocycles. The van der Waals surface area contributed by atoms with Crippen LogP contribution in [0.4, 0.5) is 0 Å². The highest BCUT2D eigenvalue weighted by Crippen LogP contribution is 2.69. The smallest absolute Gasteiger partial charge is 0.331 e. The summed E-state index contributed by atoms with van der Waals surface area (Å²) >= 11 is 0. The molecule has 212 valence electrons. The van der Waals surface area contributed by atoms with Gasteiger partial charge in [-0.15, -0.1) is 0 Å². The van der Waals surface area contributed by atoms with Crippen LogP contribution in [0.15, 0.2) is 11.6 Å². The molecular weight excluding hydrogens is 492 g/mol. The van der Waals surface area contributed by atoms with Crippen LogP contribution in [0.3, 0.4) is 0 Å². The number of esters is 1. The van der Waals surface area contributed by atoms with Crippen LogP contribution in [0.25, 0.3) is 0 Å². The summed E-state index contributed by atoms with van der Waals surface area (Å²) in [5.41, 5.74) is -0.739. The molecule has 2 aliphatic heterocycles. The number of hydrogen-bond acceptors (Lipinski definition) is 9. The predicted octanol–water partition coefficient (Wildman–Crippen LogP) is 1.64. The number of aliphatic hydroxyl groups is 4. The summed E-state index contributed by atoms with van der Waals surface area (Å²) in [5, 5.41) is 42.9. The van der Waals surface area contributed by atoms with Gasteiger partial charge in [0, 0.05) is 16.9 Å². The van der Waals surface area contributed by atoms with Crippen molar-refractivity contribution in [3.8, 4) is 0 Å². The van der Waals surface area contributed by atoms with E-state index in [2.05, 4.69) is 6.92 Å². The van der Waals surface area contributed by atoms with Crippen molar-refractivity contribution < 1.29 is 44.2 Å². The van der Waals surface area contributed by atoms with Gasteiger partial charge < -0.3 is 39.4 Å². The molecule has 0 radical (unpaired) electrons. The number of hydrogen-bond donors (Lipinski definition) is 4. The number of aldehydes is 1. The van der Waals surface area contributed by atoms with Crippen molar-refractivity contribution in [2.24, 2.45) is 34.5 Å². The summed E-state index contributed by atoms with van der Waals surface area (Å²) in [6.07, 6.45) is 3.80. The highest BCUT2D eigenvalue weighted by molar-refractivity contribution is 5.85. The SMILES string of the molecule is CC1O[C@@H](O[C@H]2CC[C@]3(C=O)C4CC[C@]5(C)[C@@H](C6=CC(=O)OC6)CC[C@]5(O)C4CC[C@H]3C2)C(O)C(O)[C@@H]1O. The van der Waals surface area contributed by atoms with Crippen molar-refractivity contribution in [3.05, 3.63) is 11.6 Å². The average molecular weight is 535 g/mol. The van der Waals surface area contributed by atoms with Crippen molar-refractivity contribution in [1.29, 1.82) is 0 Å². The van der Waals surface area contributed by atoms with Gasteiger partial charge >= 0.3 is 5.97 Å². The summed E-state index contributed by atoms with van der Waals surface area (Å²) in [5.74, 6) is 0.0678. The summed E-state index contributed by atoms with van der Waals surface area (Å²) < 4.78 is 17.0. The molecule has 9 heteroatoms. The number of carbonyl (C=O) groups excluding carboxylic acids is 2. The second kappa shape index (κ2) is 9.35. The molecule has 9 nitrogen and oxygen atoms in total. The molecule has 5 unspecified atom stereocenters.